The zero-order valence-electron chi connectivity index (χ0n) is 40.3. The molecular formula is C66H59N. The van der Waals surface area contributed by atoms with Crippen molar-refractivity contribution in [2.75, 3.05) is 4.90 Å². The lowest BCUT2D eigenvalue weighted by Gasteiger charge is -2.33. The Hall–Kier alpha value is -6.96. The average Bonchev–Trinajstić information content (AvgIpc) is 3.89. The van der Waals surface area contributed by atoms with Crippen molar-refractivity contribution >= 4 is 16.9 Å². The Morgan fingerprint density at radius 2 is 0.925 bits per heavy atom. The molecule has 0 heterocycles. The van der Waals surface area contributed by atoms with Crippen molar-refractivity contribution in [2.24, 2.45) is 0 Å². The molecule has 0 N–H and O–H groups in total. The van der Waals surface area contributed by atoms with Crippen LogP contribution in [0, 0.1) is 0 Å². The summed E-state index contributed by atoms with van der Waals surface area (Å²) in [5, 5.41) is 0. The van der Waals surface area contributed by atoms with Crippen LogP contribution in [0.5, 0.6) is 0 Å². The first-order chi connectivity index (χ1) is 32.2. The van der Waals surface area contributed by atoms with Gasteiger partial charge in [-0.15, -0.1) is 0 Å². The molecular weight excluding hydrogens is 807 g/mol. The Morgan fingerprint density at radius 1 is 0.388 bits per heavy atom. The van der Waals surface area contributed by atoms with Gasteiger partial charge in [0, 0.05) is 22.5 Å². The highest BCUT2D eigenvalue weighted by atomic mass is 15.1. The van der Waals surface area contributed by atoms with E-state index >= 15 is 0 Å². The van der Waals surface area contributed by atoms with Gasteiger partial charge in [-0.25, -0.2) is 0 Å². The highest BCUT2D eigenvalue weighted by Gasteiger charge is 2.52. The normalized spacial score (nSPS) is 15.9. The second-order valence-electron chi connectivity index (χ2n) is 22.1. The van der Waals surface area contributed by atoms with Gasteiger partial charge in [0.25, 0.3) is 0 Å². The largest absolute Gasteiger partial charge is 0.314 e. The molecule has 8 aromatic carbocycles. The molecule has 0 aromatic heterocycles. The molecule has 0 aliphatic heterocycles. The third-order valence-corrected chi connectivity index (χ3v) is 15.7. The topological polar surface area (TPSA) is 3.24 Å². The molecule has 12 rings (SSSR count). The van der Waals surface area contributed by atoms with Crippen LogP contribution in [0.15, 0.2) is 199 Å². The van der Waals surface area contributed by atoms with Gasteiger partial charge in [0.2, 0.25) is 0 Å². The fraction of sp³-hybridized carbons (Fsp3) is 0.212. The number of fused-ring (bicyclic) bond motifs is 12. The fourth-order valence-electron chi connectivity index (χ4n) is 12.2. The molecule has 1 spiro atoms. The lowest BCUT2D eigenvalue weighted by Crippen LogP contribution is -2.27. The van der Waals surface area contributed by atoms with E-state index in [4.69, 9.17) is 0 Å². The molecule has 0 bridgehead atoms. The lowest BCUT2D eigenvalue weighted by molar-refractivity contribution is 0.586. The van der Waals surface area contributed by atoms with E-state index in [9.17, 15) is 0 Å². The zero-order valence-corrected chi connectivity index (χ0v) is 40.3. The summed E-state index contributed by atoms with van der Waals surface area (Å²) < 4.78 is 0. The number of benzene rings is 8. The second-order valence-corrected chi connectivity index (χ2v) is 22.1. The van der Waals surface area contributed by atoms with Crippen LogP contribution in [0.3, 0.4) is 0 Å². The fourth-order valence-corrected chi connectivity index (χ4v) is 12.2. The van der Waals surface area contributed by atoms with Crippen LogP contribution >= 0.6 is 0 Å². The molecule has 1 heteroatoms. The molecule has 67 heavy (non-hydrogen) atoms. The van der Waals surface area contributed by atoms with Crippen LogP contribution in [0.4, 0.5) is 11.4 Å². The Kier molecular flexibility index (Phi) is 9.14. The number of allylic oxidation sites excluding steroid dienone is 4. The van der Waals surface area contributed by atoms with E-state index in [0.717, 1.165) is 12.8 Å². The third-order valence-electron chi connectivity index (χ3n) is 15.7. The van der Waals surface area contributed by atoms with Crippen LogP contribution in [-0.2, 0) is 21.7 Å². The number of hydrogen-bond donors (Lipinski definition) is 0. The molecule has 4 aliphatic carbocycles. The van der Waals surface area contributed by atoms with Gasteiger partial charge >= 0.3 is 0 Å². The summed E-state index contributed by atoms with van der Waals surface area (Å²) >= 11 is 0. The maximum atomic E-state index is 2.54. The summed E-state index contributed by atoms with van der Waals surface area (Å²) in [4.78, 5) is 2.53. The first kappa shape index (κ1) is 41.5. The van der Waals surface area contributed by atoms with Crippen molar-refractivity contribution < 1.29 is 0 Å². The van der Waals surface area contributed by atoms with Gasteiger partial charge in [-0.2, -0.15) is 0 Å². The molecule has 0 radical (unpaired) electrons. The first-order valence-electron chi connectivity index (χ1n) is 24.4. The van der Waals surface area contributed by atoms with Gasteiger partial charge in [-0.05, 0) is 160 Å². The zero-order chi connectivity index (χ0) is 46.0. The van der Waals surface area contributed by atoms with E-state index in [1.807, 2.05) is 0 Å². The monoisotopic (exact) mass is 865 g/mol. The molecule has 4 aliphatic rings. The van der Waals surface area contributed by atoms with E-state index in [-0.39, 0.29) is 16.2 Å². The molecule has 0 unspecified atom stereocenters. The summed E-state index contributed by atoms with van der Waals surface area (Å²) in [5.41, 5.74) is 27.6. The maximum absolute atomic E-state index is 2.54. The smallest absolute Gasteiger partial charge is 0.0725 e. The van der Waals surface area contributed by atoms with Crippen LogP contribution in [0.2, 0.25) is 0 Å². The molecule has 0 amide bonds. The van der Waals surface area contributed by atoms with Crippen molar-refractivity contribution in [1.29, 1.82) is 0 Å². The minimum Gasteiger partial charge on any atom is -0.314 e. The first-order valence-corrected chi connectivity index (χ1v) is 24.4. The van der Waals surface area contributed by atoms with Gasteiger partial charge in [-0.1, -0.05) is 207 Å². The highest BCUT2D eigenvalue weighted by Crippen LogP contribution is 2.64. The predicted molar refractivity (Wildman–Crippen MR) is 283 cm³/mol. The minimum atomic E-state index is -0.420. The van der Waals surface area contributed by atoms with E-state index < -0.39 is 5.41 Å². The van der Waals surface area contributed by atoms with Crippen LogP contribution in [0.1, 0.15) is 113 Å². The summed E-state index contributed by atoms with van der Waals surface area (Å²) in [6.07, 6.45) is 4.50. The summed E-state index contributed by atoms with van der Waals surface area (Å²) in [7, 11) is 0. The van der Waals surface area contributed by atoms with Crippen molar-refractivity contribution in [3.8, 4) is 44.5 Å². The van der Waals surface area contributed by atoms with Crippen LogP contribution in [0.25, 0.3) is 50.1 Å². The molecule has 0 atom stereocenters. The van der Waals surface area contributed by atoms with Crippen LogP contribution < -0.4 is 4.90 Å². The SMILES string of the molecule is CC(C)(C)c1ccc2c(c1)C1(c3ccccc3-c3cc(-c4cccc(N(C5=CC6=C(CC5)c5ccccc5C6(C)C)c5ccc(-c6ccccc6)cc5)c4)ccc31)c1cc(C(C)(C)C)ccc1-2. The molecule has 0 saturated carbocycles. The van der Waals surface area contributed by atoms with Crippen molar-refractivity contribution in [3.05, 3.63) is 244 Å². The van der Waals surface area contributed by atoms with E-state index in [2.05, 4.69) is 248 Å². The number of nitrogens with zero attached hydrogens (tertiary/aromatic N) is 1. The van der Waals surface area contributed by atoms with Gasteiger partial charge < -0.3 is 4.90 Å². The number of anilines is 2. The average molecular weight is 866 g/mol. The Labute approximate surface area is 398 Å². The summed E-state index contributed by atoms with van der Waals surface area (Å²) in [6, 6.07) is 69.5. The van der Waals surface area contributed by atoms with E-state index in [0.29, 0.717) is 0 Å². The molecule has 0 fully saturated rings. The standard InChI is InChI=1S/C66H59N/c1-63(2,3)46-28-33-54-55-34-29-47(64(4,5)6)40-62(55)66(61(54)39-46)58-24-15-13-22-52(58)56-38-45(27-36-59(56)66)44-19-16-20-49(37-44)67(48-30-25-43(26-31-48)42-17-10-9-11-18-42)50-32-35-53-51-21-12-14-23-57(51)65(7,8)60(53)41-50/h9-31,33-34,36-41H,32,35H2,1-8H3. The predicted octanol–water partition coefficient (Wildman–Crippen LogP) is 17.5. The van der Waals surface area contributed by atoms with Gasteiger partial charge in [0.1, 0.15) is 0 Å². The summed E-state index contributed by atoms with van der Waals surface area (Å²) in [5.74, 6) is 0. The highest BCUT2D eigenvalue weighted by molar-refractivity contribution is 5.97. The third kappa shape index (κ3) is 6.27. The van der Waals surface area contributed by atoms with Gasteiger partial charge in [-0.3, -0.25) is 0 Å². The minimum absolute atomic E-state index is 0.0143. The second kappa shape index (κ2) is 14.8. The lowest BCUT2D eigenvalue weighted by atomic mass is 9.68. The van der Waals surface area contributed by atoms with Gasteiger partial charge in [0.05, 0.1) is 5.41 Å². The molecule has 8 aromatic rings. The van der Waals surface area contributed by atoms with Crippen molar-refractivity contribution in [2.45, 2.75) is 89.9 Å². The Morgan fingerprint density at radius 3 is 1.60 bits per heavy atom. The van der Waals surface area contributed by atoms with Crippen molar-refractivity contribution in [3.63, 3.8) is 0 Å². The maximum Gasteiger partial charge on any atom is 0.0725 e. The van der Waals surface area contributed by atoms with Crippen LogP contribution in [-0.4, -0.2) is 0 Å². The number of rotatable bonds is 5. The van der Waals surface area contributed by atoms with Gasteiger partial charge in [0.15, 0.2) is 0 Å². The number of hydrogen-bond acceptors (Lipinski definition) is 1. The summed E-state index contributed by atoms with van der Waals surface area (Å²) in [6.45, 7) is 18.8. The van der Waals surface area contributed by atoms with E-state index in [1.54, 1.807) is 0 Å². The van der Waals surface area contributed by atoms with Crippen molar-refractivity contribution in [1.82, 2.24) is 0 Å². The van der Waals surface area contributed by atoms with E-state index in [1.165, 1.54) is 117 Å². The molecule has 0 saturated heterocycles. The molecule has 1 nitrogen and oxygen atoms in total. The Bertz CT molecular complexity index is 3310. The molecule has 328 valence electrons. The quantitative estimate of drug-likeness (QED) is 0.167. The Balaban J connectivity index is 1.01.